The predicted molar refractivity (Wildman–Crippen MR) is 90.4 cm³/mol. The van der Waals surface area contributed by atoms with Gasteiger partial charge in [-0.05, 0) is 29.5 Å². The van der Waals surface area contributed by atoms with E-state index in [0.717, 1.165) is 19.3 Å². The van der Waals surface area contributed by atoms with Crippen LogP contribution in [-0.2, 0) is 5.41 Å². The second-order valence-corrected chi connectivity index (χ2v) is 5.68. The molecule has 3 rings (SSSR count). The van der Waals surface area contributed by atoms with Crippen molar-refractivity contribution < 1.29 is 0 Å². The Bertz CT molecular complexity index is 593. The smallest absolute Gasteiger partial charge is 0.0448 e. The van der Waals surface area contributed by atoms with Crippen LogP contribution < -0.4 is 0 Å². The second-order valence-electron chi connectivity index (χ2n) is 5.68. The fourth-order valence-electron chi connectivity index (χ4n) is 3.53. The molecule has 0 atom stereocenters. The molecular formula is C21H22. The number of hydrogen-bond acceptors (Lipinski definition) is 0. The molecule has 0 bridgehead atoms. The number of benzene rings is 2. The van der Waals surface area contributed by atoms with Crippen molar-refractivity contribution in [1.82, 2.24) is 0 Å². The molecule has 0 saturated heterocycles. The van der Waals surface area contributed by atoms with Gasteiger partial charge in [0.05, 0.1) is 0 Å². The molecule has 2 aromatic rings. The van der Waals surface area contributed by atoms with Gasteiger partial charge in [-0.3, -0.25) is 0 Å². The lowest BCUT2D eigenvalue weighted by atomic mass is 9.66. The summed E-state index contributed by atoms with van der Waals surface area (Å²) in [5.41, 5.74) is 4.23. The number of allylic oxidation sites excluding steroid dienone is 4. The van der Waals surface area contributed by atoms with Gasteiger partial charge >= 0.3 is 0 Å². The van der Waals surface area contributed by atoms with Gasteiger partial charge in [0.15, 0.2) is 0 Å². The highest BCUT2D eigenvalue weighted by molar-refractivity contribution is 5.53. The summed E-state index contributed by atoms with van der Waals surface area (Å²) in [6.45, 7) is 2.28. The minimum atomic E-state index is -0.00965. The van der Waals surface area contributed by atoms with Crippen LogP contribution in [0.15, 0.2) is 84.5 Å². The summed E-state index contributed by atoms with van der Waals surface area (Å²) in [7, 11) is 0. The van der Waals surface area contributed by atoms with Crippen LogP contribution in [0.1, 0.15) is 37.3 Å². The van der Waals surface area contributed by atoms with Crippen molar-refractivity contribution in [3.05, 3.63) is 95.6 Å². The van der Waals surface area contributed by atoms with Crippen LogP contribution in [0.4, 0.5) is 0 Å². The minimum absolute atomic E-state index is 0.00965. The van der Waals surface area contributed by atoms with Crippen molar-refractivity contribution in [3.63, 3.8) is 0 Å². The maximum absolute atomic E-state index is 2.38. The number of rotatable bonds is 5. The van der Waals surface area contributed by atoms with Gasteiger partial charge in [0, 0.05) is 5.41 Å². The highest BCUT2D eigenvalue weighted by atomic mass is 14.4. The van der Waals surface area contributed by atoms with Crippen molar-refractivity contribution >= 4 is 0 Å². The summed E-state index contributed by atoms with van der Waals surface area (Å²) in [5, 5.41) is 0. The number of hydrogen-bond donors (Lipinski definition) is 0. The summed E-state index contributed by atoms with van der Waals surface area (Å²) < 4.78 is 0. The largest absolute Gasteiger partial charge is 0.0804 e. The van der Waals surface area contributed by atoms with Gasteiger partial charge in [-0.1, -0.05) is 92.2 Å². The lowest BCUT2D eigenvalue weighted by Crippen LogP contribution is -2.29. The van der Waals surface area contributed by atoms with Crippen LogP contribution >= 0.6 is 0 Å². The zero-order valence-electron chi connectivity index (χ0n) is 12.6. The Hall–Kier alpha value is -2.08. The SMILES string of the molecule is CCCC(C1=CCC=C1)(c1ccccc1)c1ccccc1. The summed E-state index contributed by atoms with van der Waals surface area (Å²) in [6, 6.07) is 21.9. The summed E-state index contributed by atoms with van der Waals surface area (Å²) in [6.07, 6.45) is 10.3. The molecule has 0 N–H and O–H groups in total. The van der Waals surface area contributed by atoms with Gasteiger partial charge in [-0.2, -0.15) is 0 Å². The highest BCUT2D eigenvalue weighted by Gasteiger charge is 2.36. The molecule has 0 radical (unpaired) electrons. The molecule has 0 aromatic heterocycles. The zero-order chi connectivity index (χ0) is 14.5. The first-order valence-corrected chi connectivity index (χ1v) is 7.86. The van der Waals surface area contributed by atoms with E-state index in [4.69, 9.17) is 0 Å². The van der Waals surface area contributed by atoms with Gasteiger partial charge in [-0.15, -0.1) is 0 Å². The third-order valence-corrected chi connectivity index (χ3v) is 4.42. The molecule has 1 aliphatic carbocycles. The average molecular weight is 274 g/mol. The second kappa shape index (κ2) is 6.13. The zero-order valence-corrected chi connectivity index (χ0v) is 12.6. The molecule has 2 aromatic carbocycles. The average Bonchev–Trinajstić information content (AvgIpc) is 3.09. The maximum Gasteiger partial charge on any atom is 0.0448 e. The van der Waals surface area contributed by atoms with Gasteiger partial charge in [0.1, 0.15) is 0 Å². The topological polar surface area (TPSA) is 0 Å². The molecule has 0 nitrogen and oxygen atoms in total. The molecule has 21 heavy (non-hydrogen) atoms. The van der Waals surface area contributed by atoms with Crippen molar-refractivity contribution in [2.75, 3.05) is 0 Å². The van der Waals surface area contributed by atoms with Crippen LogP contribution in [0, 0.1) is 0 Å². The first-order valence-electron chi connectivity index (χ1n) is 7.86. The molecule has 0 heteroatoms. The Kier molecular flexibility index (Phi) is 4.06. The molecule has 0 aliphatic heterocycles. The van der Waals surface area contributed by atoms with Crippen molar-refractivity contribution in [3.8, 4) is 0 Å². The standard InChI is InChI=1S/C21H22/c1-2-17-21(20-15-9-10-16-20,18-11-5-3-6-12-18)19-13-7-4-8-14-19/h3-9,11-16H,2,10,17H2,1H3. The van der Waals surface area contributed by atoms with Crippen LogP contribution in [-0.4, -0.2) is 0 Å². The van der Waals surface area contributed by atoms with E-state index in [2.05, 4.69) is 85.8 Å². The summed E-state index contributed by atoms with van der Waals surface area (Å²) >= 11 is 0. The van der Waals surface area contributed by atoms with Crippen LogP contribution in [0.25, 0.3) is 0 Å². The monoisotopic (exact) mass is 274 g/mol. The Morgan fingerprint density at radius 1 is 0.857 bits per heavy atom. The molecule has 0 heterocycles. The van der Waals surface area contributed by atoms with E-state index in [1.807, 2.05) is 0 Å². The normalized spacial score (nSPS) is 14.2. The molecule has 0 amide bonds. The van der Waals surface area contributed by atoms with Crippen molar-refractivity contribution in [2.45, 2.75) is 31.6 Å². The van der Waals surface area contributed by atoms with Gasteiger partial charge in [0.25, 0.3) is 0 Å². The van der Waals surface area contributed by atoms with Gasteiger partial charge < -0.3 is 0 Å². The first-order chi connectivity index (χ1) is 10.4. The lowest BCUT2D eigenvalue weighted by Gasteiger charge is -2.36. The van der Waals surface area contributed by atoms with Crippen LogP contribution in [0.5, 0.6) is 0 Å². The molecule has 0 unspecified atom stereocenters. The molecule has 0 saturated carbocycles. The third kappa shape index (κ3) is 2.47. The van der Waals surface area contributed by atoms with E-state index < -0.39 is 0 Å². The fraction of sp³-hybridized carbons (Fsp3) is 0.238. The molecule has 0 spiro atoms. The molecular weight excluding hydrogens is 252 g/mol. The summed E-state index contributed by atoms with van der Waals surface area (Å²) in [4.78, 5) is 0. The van der Waals surface area contributed by atoms with E-state index in [0.29, 0.717) is 0 Å². The van der Waals surface area contributed by atoms with E-state index in [1.165, 1.54) is 16.7 Å². The van der Waals surface area contributed by atoms with E-state index in [1.54, 1.807) is 0 Å². The minimum Gasteiger partial charge on any atom is -0.0804 e. The van der Waals surface area contributed by atoms with E-state index >= 15 is 0 Å². The van der Waals surface area contributed by atoms with Crippen molar-refractivity contribution in [2.24, 2.45) is 0 Å². The molecule has 0 fully saturated rings. The van der Waals surface area contributed by atoms with Crippen molar-refractivity contribution in [1.29, 1.82) is 0 Å². The Labute approximate surface area is 127 Å². The fourth-order valence-corrected chi connectivity index (χ4v) is 3.53. The molecule has 106 valence electrons. The quantitative estimate of drug-likeness (QED) is 0.660. The van der Waals surface area contributed by atoms with Gasteiger partial charge in [0.2, 0.25) is 0 Å². The highest BCUT2D eigenvalue weighted by Crippen LogP contribution is 2.45. The Morgan fingerprint density at radius 2 is 1.43 bits per heavy atom. The van der Waals surface area contributed by atoms with Gasteiger partial charge in [-0.25, -0.2) is 0 Å². The first kappa shape index (κ1) is 13.9. The van der Waals surface area contributed by atoms with E-state index in [-0.39, 0.29) is 5.41 Å². The van der Waals surface area contributed by atoms with Crippen LogP contribution in [0.3, 0.4) is 0 Å². The maximum atomic E-state index is 2.38. The van der Waals surface area contributed by atoms with Crippen LogP contribution in [0.2, 0.25) is 0 Å². The third-order valence-electron chi connectivity index (χ3n) is 4.42. The van der Waals surface area contributed by atoms with E-state index in [9.17, 15) is 0 Å². The predicted octanol–water partition coefficient (Wildman–Crippen LogP) is 5.66. The Balaban J connectivity index is 2.24. The molecule has 1 aliphatic rings. The lowest BCUT2D eigenvalue weighted by molar-refractivity contribution is 0.549. The summed E-state index contributed by atoms with van der Waals surface area (Å²) in [5.74, 6) is 0. The Morgan fingerprint density at radius 3 is 1.86 bits per heavy atom.